The molecule has 0 amide bonds. The summed E-state index contributed by atoms with van der Waals surface area (Å²) < 4.78 is 0. The first-order chi connectivity index (χ1) is 7.41. The van der Waals surface area contributed by atoms with Crippen molar-refractivity contribution >= 4 is 5.69 Å². The highest BCUT2D eigenvalue weighted by Gasteiger charge is 2.48. The molecule has 3 rings (SSSR count). The van der Waals surface area contributed by atoms with Gasteiger partial charge in [-0.3, -0.25) is 0 Å². The van der Waals surface area contributed by atoms with Crippen molar-refractivity contribution in [1.29, 1.82) is 0 Å². The Kier molecular flexibility index (Phi) is 4.19. The van der Waals surface area contributed by atoms with E-state index >= 15 is 0 Å². The van der Waals surface area contributed by atoms with Crippen LogP contribution in [-0.4, -0.2) is 6.54 Å². The van der Waals surface area contributed by atoms with Crippen LogP contribution in [0.5, 0.6) is 0 Å². The van der Waals surface area contributed by atoms with Crippen molar-refractivity contribution in [2.45, 2.75) is 46.0 Å². The van der Waals surface area contributed by atoms with Crippen LogP contribution < -0.4 is 5.32 Å². The molecule has 15 heavy (non-hydrogen) atoms. The lowest BCUT2D eigenvalue weighted by molar-refractivity contribution is 0.778. The van der Waals surface area contributed by atoms with Crippen LogP contribution in [0, 0.1) is 0 Å². The van der Waals surface area contributed by atoms with E-state index in [1.54, 1.807) is 5.56 Å². The standard InChI is InChI=1S/C10H11N.2C2H6/c1-2-4-9-8(3-1)10(5-6-10)7-11-9;2*1-2/h1-4,11H,5-7H2;2*1-2H3. The average molecular weight is 205 g/mol. The number of nitrogens with one attached hydrogen (secondary N) is 1. The molecule has 0 atom stereocenters. The maximum absolute atomic E-state index is 3.45. The van der Waals surface area contributed by atoms with Crippen molar-refractivity contribution in [2.75, 3.05) is 11.9 Å². The van der Waals surface area contributed by atoms with Crippen LogP contribution in [0.4, 0.5) is 5.69 Å². The van der Waals surface area contributed by atoms with Gasteiger partial charge in [-0.2, -0.15) is 0 Å². The largest absolute Gasteiger partial charge is 0.384 e. The summed E-state index contributed by atoms with van der Waals surface area (Å²) in [4.78, 5) is 0. The molecule has 1 nitrogen and oxygen atoms in total. The number of hydrogen-bond donors (Lipinski definition) is 1. The maximum Gasteiger partial charge on any atom is 0.0379 e. The molecule has 1 heterocycles. The Hall–Kier alpha value is -0.980. The van der Waals surface area contributed by atoms with E-state index in [2.05, 4.69) is 29.6 Å². The van der Waals surface area contributed by atoms with Gasteiger partial charge < -0.3 is 5.32 Å². The molecular formula is C14H23N. The zero-order valence-corrected chi connectivity index (χ0v) is 10.4. The smallest absolute Gasteiger partial charge is 0.0379 e. The molecular weight excluding hydrogens is 182 g/mol. The lowest BCUT2D eigenvalue weighted by Crippen LogP contribution is -2.07. The van der Waals surface area contributed by atoms with Crippen molar-refractivity contribution < 1.29 is 0 Å². The molecule has 1 spiro atoms. The first-order valence-electron chi connectivity index (χ1n) is 6.24. The summed E-state index contributed by atoms with van der Waals surface area (Å²) in [5, 5.41) is 3.45. The third kappa shape index (κ3) is 2.17. The van der Waals surface area contributed by atoms with Gasteiger partial charge in [-0.15, -0.1) is 0 Å². The molecule has 1 aliphatic heterocycles. The number of fused-ring (bicyclic) bond motifs is 2. The Labute approximate surface area is 93.9 Å². The summed E-state index contributed by atoms with van der Waals surface area (Å²) in [6.45, 7) is 9.17. The van der Waals surface area contributed by atoms with Crippen LogP contribution in [0.1, 0.15) is 46.1 Å². The Bertz CT molecular complexity index is 300. The topological polar surface area (TPSA) is 12.0 Å². The van der Waals surface area contributed by atoms with E-state index in [1.165, 1.54) is 25.1 Å². The van der Waals surface area contributed by atoms with Crippen LogP contribution in [0.2, 0.25) is 0 Å². The zero-order chi connectivity index (χ0) is 11.3. The van der Waals surface area contributed by atoms with Crippen molar-refractivity contribution in [1.82, 2.24) is 0 Å². The second-order valence-corrected chi connectivity index (χ2v) is 3.68. The fraction of sp³-hybridized carbons (Fsp3) is 0.571. The Balaban J connectivity index is 0.000000255. The minimum Gasteiger partial charge on any atom is -0.384 e. The van der Waals surface area contributed by atoms with Gasteiger partial charge in [0.2, 0.25) is 0 Å². The van der Waals surface area contributed by atoms with E-state index in [0.29, 0.717) is 5.41 Å². The van der Waals surface area contributed by atoms with Gasteiger partial charge in [0, 0.05) is 17.6 Å². The van der Waals surface area contributed by atoms with Gasteiger partial charge in [0.15, 0.2) is 0 Å². The summed E-state index contributed by atoms with van der Waals surface area (Å²) >= 11 is 0. The molecule has 0 saturated heterocycles. The fourth-order valence-electron chi connectivity index (χ4n) is 2.06. The van der Waals surface area contributed by atoms with Gasteiger partial charge in [0.1, 0.15) is 0 Å². The highest BCUT2D eigenvalue weighted by molar-refractivity contribution is 5.62. The molecule has 1 aliphatic carbocycles. The summed E-state index contributed by atoms with van der Waals surface area (Å²) in [7, 11) is 0. The fourth-order valence-corrected chi connectivity index (χ4v) is 2.06. The van der Waals surface area contributed by atoms with E-state index in [9.17, 15) is 0 Å². The molecule has 0 bridgehead atoms. The van der Waals surface area contributed by atoms with E-state index < -0.39 is 0 Å². The number of anilines is 1. The van der Waals surface area contributed by atoms with Crippen molar-refractivity contribution in [2.24, 2.45) is 0 Å². The monoisotopic (exact) mass is 205 g/mol. The molecule has 1 heteroatoms. The van der Waals surface area contributed by atoms with Gasteiger partial charge in [0.05, 0.1) is 0 Å². The molecule has 0 aromatic heterocycles. The van der Waals surface area contributed by atoms with Crippen LogP contribution in [0.3, 0.4) is 0 Å². The predicted molar refractivity (Wildman–Crippen MR) is 68.5 cm³/mol. The quantitative estimate of drug-likeness (QED) is 0.669. The molecule has 0 radical (unpaired) electrons. The average Bonchev–Trinajstić information content (AvgIpc) is 3.03. The van der Waals surface area contributed by atoms with Crippen molar-refractivity contribution in [3.63, 3.8) is 0 Å². The second-order valence-electron chi connectivity index (χ2n) is 3.68. The molecule has 1 N–H and O–H groups in total. The minimum absolute atomic E-state index is 0.566. The summed E-state index contributed by atoms with van der Waals surface area (Å²) in [5.41, 5.74) is 3.49. The Morgan fingerprint density at radius 3 is 2.20 bits per heavy atom. The Morgan fingerprint density at radius 2 is 1.60 bits per heavy atom. The van der Waals surface area contributed by atoms with E-state index in [0.717, 1.165) is 0 Å². The zero-order valence-electron chi connectivity index (χ0n) is 10.4. The van der Waals surface area contributed by atoms with Crippen molar-refractivity contribution in [3.05, 3.63) is 29.8 Å². The lowest BCUT2D eigenvalue weighted by atomic mass is 9.99. The second kappa shape index (κ2) is 5.20. The molecule has 1 fully saturated rings. The van der Waals surface area contributed by atoms with E-state index in [-0.39, 0.29) is 0 Å². The highest BCUT2D eigenvalue weighted by atomic mass is 15.0. The first-order valence-corrected chi connectivity index (χ1v) is 6.24. The van der Waals surface area contributed by atoms with Crippen LogP contribution in [-0.2, 0) is 5.41 Å². The minimum atomic E-state index is 0.566. The molecule has 1 saturated carbocycles. The molecule has 2 aliphatic rings. The van der Waals surface area contributed by atoms with Crippen LogP contribution in [0.25, 0.3) is 0 Å². The van der Waals surface area contributed by atoms with Gasteiger partial charge >= 0.3 is 0 Å². The summed E-state index contributed by atoms with van der Waals surface area (Å²) in [6, 6.07) is 8.70. The van der Waals surface area contributed by atoms with E-state index in [1.807, 2.05) is 27.7 Å². The Morgan fingerprint density at radius 1 is 1.00 bits per heavy atom. The third-order valence-corrected chi connectivity index (χ3v) is 2.97. The molecule has 1 aromatic rings. The summed E-state index contributed by atoms with van der Waals surface area (Å²) in [6.07, 6.45) is 2.77. The predicted octanol–water partition coefficient (Wildman–Crippen LogP) is 4.20. The number of rotatable bonds is 0. The van der Waals surface area contributed by atoms with Crippen molar-refractivity contribution in [3.8, 4) is 0 Å². The SMILES string of the molecule is CC.CC.c1ccc2c(c1)NCC21CC1. The van der Waals surface area contributed by atoms with Gasteiger partial charge in [-0.1, -0.05) is 45.9 Å². The van der Waals surface area contributed by atoms with Crippen LogP contribution >= 0.6 is 0 Å². The normalized spacial score (nSPS) is 17.6. The van der Waals surface area contributed by atoms with Crippen LogP contribution in [0.15, 0.2) is 24.3 Å². The van der Waals surface area contributed by atoms with Gasteiger partial charge in [-0.25, -0.2) is 0 Å². The maximum atomic E-state index is 3.45. The third-order valence-electron chi connectivity index (χ3n) is 2.97. The summed E-state index contributed by atoms with van der Waals surface area (Å²) in [5.74, 6) is 0. The first kappa shape index (κ1) is 12.1. The van der Waals surface area contributed by atoms with E-state index in [4.69, 9.17) is 0 Å². The number of benzene rings is 1. The molecule has 0 unspecified atom stereocenters. The number of para-hydroxylation sites is 1. The van der Waals surface area contributed by atoms with Gasteiger partial charge in [-0.05, 0) is 24.5 Å². The molecule has 1 aromatic carbocycles. The van der Waals surface area contributed by atoms with Gasteiger partial charge in [0.25, 0.3) is 0 Å². The molecule has 84 valence electrons. The lowest BCUT2D eigenvalue weighted by Gasteiger charge is -2.03. The highest BCUT2D eigenvalue weighted by Crippen LogP contribution is 2.53. The number of hydrogen-bond acceptors (Lipinski definition) is 1.